The molecule has 2 rings (SSSR count). The van der Waals surface area contributed by atoms with Crippen molar-refractivity contribution < 1.29 is 9.13 Å². The van der Waals surface area contributed by atoms with Crippen LogP contribution in [0.25, 0.3) is 0 Å². The van der Waals surface area contributed by atoms with Gasteiger partial charge in [-0.1, -0.05) is 19.1 Å². The first-order valence-electron chi connectivity index (χ1n) is 6.15. The lowest BCUT2D eigenvalue weighted by atomic mass is 10.2. The summed E-state index contributed by atoms with van der Waals surface area (Å²) in [5.74, 6) is 1.27. The molecule has 0 amide bonds. The van der Waals surface area contributed by atoms with E-state index in [0.717, 1.165) is 10.6 Å². The molecule has 0 saturated heterocycles. The molecule has 2 aromatic rings. The van der Waals surface area contributed by atoms with Gasteiger partial charge < -0.3 is 10.5 Å². The monoisotopic (exact) mass is 290 g/mol. The summed E-state index contributed by atoms with van der Waals surface area (Å²) >= 11 is 1.58. The van der Waals surface area contributed by atoms with Gasteiger partial charge in [0.25, 0.3) is 0 Å². The van der Waals surface area contributed by atoms with Gasteiger partial charge in [-0.05, 0) is 30.0 Å². The zero-order valence-electron chi connectivity index (χ0n) is 11.0. The second-order valence-electron chi connectivity index (χ2n) is 4.04. The molecule has 0 atom stereocenters. The number of benzene rings is 2. The Morgan fingerprint density at radius 1 is 1.30 bits per heavy atom. The molecular weight excluding hydrogens is 275 g/mol. The summed E-state index contributed by atoms with van der Waals surface area (Å²) in [5.41, 5.74) is 6.19. The smallest absolute Gasteiger partial charge is 0.139 e. The highest BCUT2D eigenvalue weighted by Crippen LogP contribution is 2.32. The van der Waals surface area contributed by atoms with Crippen LogP contribution in [0.1, 0.15) is 12.5 Å². The Kier molecular flexibility index (Phi) is 4.63. The number of ether oxygens (including phenoxy) is 1. The van der Waals surface area contributed by atoms with E-state index in [1.165, 1.54) is 12.1 Å². The SMILES string of the molecule is CCSc1cccc(Oc2cccc(F)c2)c1C(=N)N. The lowest BCUT2D eigenvalue weighted by Crippen LogP contribution is -2.13. The van der Waals surface area contributed by atoms with Crippen LogP contribution < -0.4 is 10.5 Å². The van der Waals surface area contributed by atoms with Crippen molar-refractivity contribution in [2.45, 2.75) is 11.8 Å². The summed E-state index contributed by atoms with van der Waals surface area (Å²) in [6.07, 6.45) is 0. The molecule has 0 aliphatic heterocycles. The summed E-state index contributed by atoms with van der Waals surface area (Å²) in [7, 11) is 0. The first-order chi connectivity index (χ1) is 9.61. The second kappa shape index (κ2) is 6.43. The molecule has 5 heteroatoms. The third-order valence-corrected chi connectivity index (χ3v) is 3.52. The molecule has 0 aromatic heterocycles. The lowest BCUT2D eigenvalue weighted by Gasteiger charge is -2.13. The Morgan fingerprint density at radius 3 is 2.70 bits per heavy atom. The highest BCUT2D eigenvalue weighted by atomic mass is 32.2. The molecule has 0 radical (unpaired) electrons. The minimum atomic E-state index is -0.369. The average Bonchev–Trinajstić information content (AvgIpc) is 2.39. The van der Waals surface area contributed by atoms with Gasteiger partial charge in [0.15, 0.2) is 0 Å². The molecule has 0 fully saturated rings. The van der Waals surface area contributed by atoms with E-state index in [-0.39, 0.29) is 11.7 Å². The average molecular weight is 290 g/mol. The second-order valence-corrected chi connectivity index (χ2v) is 5.34. The van der Waals surface area contributed by atoms with Crippen molar-refractivity contribution in [3.63, 3.8) is 0 Å². The van der Waals surface area contributed by atoms with Crippen LogP contribution in [0.3, 0.4) is 0 Å². The lowest BCUT2D eigenvalue weighted by molar-refractivity contribution is 0.474. The van der Waals surface area contributed by atoms with E-state index < -0.39 is 0 Å². The number of amidine groups is 1. The first kappa shape index (κ1) is 14.4. The van der Waals surface area contributed by atoms with Crippen LogP contribution >= 0.6 is 11.8 Å². The number of nitrogens with two attached hydrogens (primary N) is 1. The molecule has 0 heterocycles. The van der Waals surface area contributed by atoms with E-state index >= 15 is 0 Å². The van der Waals surface area contributed by atoms with E-state index in [0.29, 0.717) is 17.1 Å². The molecule has 104 valence electrons. The zero-order valence-corrected chi connectivity index (χ0v) is 11.8. The van der Waals surface area contributed by atoms with Gasteiger partial charge in [0.1, 0.15) is 23.2 Å². The van der Waals surface area contributed by atoms with E-state index in [1.54, 1.807) is 30.0 Å². The van der Waals surface area contributed by atoms with Crippen LogP contribution in [0.2, 0.25) is 0 Å². The highest BCUT2D eigenvalue weighted by Gasteiger charge is 2.13. The fraction of sp³-hybridized carbons (Fsp3) is 0.133. The van der Waals surface area contributed by atoms with Gasteiger partial charge in [0.2, 0.25) is 0 Å². The predicted molar refractivity (Wildman–Crippen MR) is 80.3 cm³/mol. The Bertz CT molecular complexity index is 631. The summed E-state index contributed by atoms with van der Waals surface area (Å²) in [5, 5.41) is 7.71. The maximum atomic E-state index is 13.2. The zero-order chi connectivity index (χ0) is 14.5. The van der Waals surface area contributed by atoms with Gasteiger partial charge in [0, 0.05) is 11.0 Å². The number of thioether (sulfide) groups is 1. The van der Waals surface area contributed by atoms with Crippen molar-refractivity contribution in [3.8, 4) is 11.5 Å². The van der Waals surface area contributed by atoms with Crippen LogP contribution in [-0.4, -0.2) is 11.6 Å². The fourth-order valence-corrected chi connectivity index (χ4v) is 2.64. The Balaban J connectivity index is 2.40. The van der Waals surface area contributed by atoms with Crippen molar-refractivity contribution in [2.75, 3.05) is 5.75 Å². The largest absolute Gasteiger partial charge is 0.456 e. The van der Waals surface area contributed by atoms with Gasteiger partial charge in [-0.25, -0.2) is 4.39 Å². The normalized spacial score (nSPS) is 10.3. The highest BCUT2D eigenvalue weighted by molar-refractivity contribution is 7.99. The molecule has 0 unspecified atom stereocenters. The molecular formula is C15H15FN2OS. The van der Waals surface area contributed by atoms with E-state index in [1.807, 2.05) is 19.1 Å². The number of hydrogen-bond acceptors (Lipinski definition) is 3. The van der Waals surface area contributed by atoms with E-state index in [4.69, 9.17) is 15.9 Å². The number of nitrogen functional groups attached to an aromatic ring is 1. The minimum Gasteiger partial charge on any atom is -0.456 e. The Hall–Kier alpha value is -2.01. The third-order valence-electron chi connectivity index (χ3n) is 2.58. The quantitative estimate of drug-likeness (QED) is 0.497. The molecule has 0 spiro atoms. The van der Waals surface area contributed by atoms with E-state index in [2.05, 4.69) is 0 Å². The number of hydrogen-bond donors (Lipinski definition) is 2. The van der Waals surface area contributed by atoms with Crippen LogP contribution in [-0.2, 0) is 0 Å². The number of nitrogens with one attached hydrogen (secondary N) is 1. The van der Waals surface area contributed by atoms with Crippen molar-refractivity contribution in [1.82, 2.24) is 0 Å². The summed E-state index contributed by atoms with van der Waals surface area (Å²) in [4.78, 5) is 0.883. The van der Waals surface area contributed by atoms with Crippen molar-refractivity contribution >= 4 is 17.6 Å². The minimum absolute atomic E-state index is 0.0621. The molecule has 0 bridgehead atoms. The van der Waals surface area contributed by atoms with Gasteiger partial charge in [0.05, 0.1) is 5.56 Å². The van der Waals surface area contributed by atoms with Crippen LogP contribution in [0.15, 0.2) is 47.4 Å². The standard InChI is InChI=1S/C15H15FN2OS/c1-2-20-13-8-4-7-12(14(13)15(17)18)19-11-6-3-5-10(16)9-11/h3-9H,2H2,1H3,(H3,17,18). The molecule has 2 aromatic carbocycles. The van der Waals surface area contributed by atoms with Crippen molar-refractivity contribution in [2.24, 2.45) is 5.73 Å². The predicted octanol–water partition coefficient (Wildman–Crippen LogP) is 4.01. The van der Waals surface area contributed by atoms with E-state index in [9.17, 15) is 4.39 Å². The van der Waals surface area contributed by atoms with Gasteiger partial charge in [-0.3, -0.25) is 5.41 Å². The topological polar surface area (TPSA) is 59.1 Å². The number of halogens is 1. The van der Waals surface area contributed by atoms with Gasteiger partial charge in [-0.2, -0.15) is 0 Å². The summed E-state index contributed by atoms with van der Waals surface area (Å²) in [6.45, 7) is 2.02. The van der Waals surface area contributed by atoms with Gasteiger partial charge >= 0.3 is 0 Å². The molecule has 0 aliphatic rings. The molecule has 20 heavy (non-hydrogen) atoms. The van der Waals surface area contributed by atoms with Crippen molar-refractivity contribution in [3.05, 3.63) is 53.8 Å². The summed E-state index contributed by atoms with van der Waals surface area (Å²) in [6, 6.07) is 11.3. The van der Waals surface area contributed by atoms with Crippen LogP contribution in [0.4, 0.5) is 4.39 Å². The molecule has 3 N–H and O–H groups in total. The molecule has 0 aliphatic carbocycles. The maximum Gasteiger partial charge on any atom is 0.139 e. The summed E-state index contributed by atoms with van der Waals surface area (Å²) < 4.78 is 18.8. The Morgan fingerprint density at radius 2 is 2.05 bits per heavy atom. The molecule has 3 nitrogen and oxygen atoms in total. The van der Waals surface area contributed by atoms with Gasteiger partial charge in [-0.15, -0.1) is 11.8 Å². The van der Waals surface area contributed by atoms with Crippen LogP contribution in [0.5, 0.6) is 11.5 Å². The first-order valence-corrected chi connectivity index (χ1v) is 7.14. The van der Waals surface area contributed by atoms with Crippen LogP contribution in [0, 0.1) is 11.2 Å². The maximum absolute atomic E-state index is 13.2. The van der Waals surface area contributed by atoms with Crippen molar-refractivity contribution in [1.29, 1.82) is 5.41 Å². The Labute approximate surface area is 121 Å². The third kappa shape index (κ3) is 3.30. The number of rotatable bonds is 5. The fourth-order valence-electron chi connectivity index (χ4n) is 1.79. The molecule has 0 saturated carbocycles.